The highest BCUT2D eigenvalue weighted by Crippen LogP contribution is 2.17. The number of rotatable bonds is 5. The average Bonchev–Trinajstić information content (AvgIpc) is 2.43. The van der Waals surface area contributed by atoms with E-state index in [1.165, 1.54) is 0 Å². The van der Waals surface area contributed by atoms with Crippen LogP contribution in [-0.4, -0.2) is 37.4 Å². The van der Waals surface area contributed by atoms with E-state index in [4.69, 9.17) is 9.47 Å². The molecule has 102 valence electrons. The van der Waals surface area contributed by atoms with Gasteiger partial charge in [0.05, 0.1) is 7.11 Å². The van der Waals surface area contributed by atoms with Crippen LogP contribution in [0.1, 0.15) is 5.56 Å². The fourth-order valence-electron chi connectivity index (χ4n) is 1.66. The minimum absolute atomic E-state index is 0.168. The van der Waals surface area contributed by atoms with E-state index in [9.17, 15) is 9.59 Å². The monoisotopic (exact) mass is 281 g/mol. The Morgan fingerprint density at radius 1 is 1.37 bits per heavy atom. The second-order valence-electron chi connectivity index (χ2n) is 4.09. The highest BCUT2D eigenvalue weighted by atomic mass is 32.2. The van der Waals surface area contributed by atoms with Gasteiger partial charge in [0.1, 0.15) is 11.8 Å². The van der Waals surface area contributed by atoms with Crippen LogP contribution >= 0.6 is 11.8 Å². The summed E-state index contributed by atoms with van der Waals surface area (Å²) in [5, 5.41) is 2.62. The summed E-state index contributed by atoms with van der Waals surface area (Å²) in [5.74, 6) is 1.49. The molecule has 0 aliphatic carbocycles. The fourth-order valence-corrected chi connectivity index (χ4v) is 2.66. The fraction of sp³-hybridized carbons (Fsp3) is 0.385. The van der Waals surface area contributed by atoms with Crippen LogP contribution < -0.4 is 10.1 Å². The number of carbonyl (C=O) groups excluding carboxylic acids is 2. The first-order valence-corrected chi connectivity index (χ1v) is 7.01. The number of esters is 1. The van der Waals surface area contributed by atoms with E-state index in [0.29, 0.717) is 5.75 Å². The summed E-state index contributed by atoms with van der Waals surface area (Å²) in [6, 6.07) is 7.20. The molecular formula is C13H15NO4S. The standard InChI is InChI=1S/C13H15NO4S/c1-17-10-4-2-9(3-5-10)7-19-8-11-13(16)18-6-12(15)14-11/h2-5,11H,6-8H2,1H3,(H,14,15). The summed E-state index contributed by atoms with van der Waals surface area (Å²) in [7, 11) is 1.63. The van der Waals surface area contributed by atoms with Gasteiger partial charge >= 0.3 is 5.97 Å². The van der Waals surface area contributed by atoms with Crippen molar-refractivity contribution in [1.29, 1.82) is 0 Å². The Labute approximate surface area is 115 Å². The molecule has 1 amide bonds. The molecule has 1 aromatic carbocycles. The summed E-state index contributed by atoms with van der Waals surface area (Å²) in [6.45, 7) is -0.168. The zero-order chi connectivity index (χ0) is 13.7. The van der Waals surface area contributed by atoms with Gasteiger partial charge in [0.2, 0.25) is 0 Å². The lowest BCUT2D eigenvalue weighted by molar-refractivity contribution is -0.156. The molecule has 1 atom stereocenters. The van der Waals surface area contributed by atoms with Gasteiger partial charge in [-0.05, 0) is 17.7 Å². The molecule has 19 heavy (non-hydrogen) atoms. The Morgan fingerprint density at radius 2 is 2.11 bits per heavy atom. The smallest absolute Gasteiger partial charge is 0.330 e. The van der Waals surface area contributed by atoms with Crippen LogP contribution in [0, 0.1) is 0 Å². The van der Waals surface area contributed by atoms with Crippen molar-refractivity contribution in [2.45, 2.75) is 11.8 Å². The number of amides is 1. The summed E-state index contributed by atoms with van der Waals surface area (Å²) in [4.78, 5) is 22.5. The molecule has 1 fully saturated rings. The molecule has 1 aliphatic rings. The Kier molecular flexibility index (Phi) is 4.68. The summed E-state index contributed by atoms with van der Waals surface area (Å²) in [6.07, 6.45) is 0. The minimum atomic E-state index is -0.538. The topological polar surface area (TPSA) is 64.6 Å². The van der Waals surface area contributed by atoms with Gasteiger partial charge in [0.15, 0.2) is 6.61 Å². The number of carbonyl (C=O) groups is 2. The van der Waals surface area contributed by atoms with Gasteiger partial charge in [-0.1, -0.05) is 12.1 Å². The van der Waals surface area contributed by atoms with Crippen LogP contribution in [0.25, 0.3) is 0 Å². The van der Waals surface area contributed by atoms with Crippen molar-refractivity contribution in [2.75, 3.05) is 19.5 Å². The van der Waals surface area contributed by atoms with E-state index in [0.717, 1.165) is 17.1 Å². The molecule has 1 saturated heterocycles. The lowest BCUT2D eigenvalue weighted by atomic mass is 10.2. The lowest BCUT2D eigenvalue weighted by Gasteiger charge is -2.21. The molecule has 1 aromatic rings. The van der Waals surface area contributed by atoms with Crippen molar-refractivity contribution in [3.8, 4) is 5.75 Å². The SMILES string of the molecule is COc1ccc(CSCC2NC(=O)COC2=O)cc1. The van der Waals surface area contributed by atoms with Gasteiger partial charge in [0, 0.05) is 11.5 Å². The maximum Gasteiger partial charge on any atom is 0.330 e. The predicted molar refractivity (Wildman–Crippen MR) is 72.0 cm³/mol. The molecule has 1 N–H and O–H groups in total. The van der Waals surface area contributed by atoms with Gasteiger partial charge in [-0.25, -0.2) is 4.79 Å². The minimum Gasteiger partial charge on any atom is -0.497 e. The Morgan fingerprint density at radius 3 is 2.79 bits per heavy atom. The van der Waals surface area contributed by atoms with Gasteiger partial charge in [-0.3, -0.25) is 4.79 Å². The number of morpholine rings is 1. The van der Waals surface area contributed by atoms with Gasteiger partial charge in [-0.15, -0.1) is 0 Å². The van der Waals surface area contributed by atoms with Crippen LogP contribution in [0.2, 0.25) is 0 Å². The van der Waals surface area contributed by atoms with E-state index in [-0.39, 0.29) is 18.5 Å². The zero-order valence-corrected chi connectivity index (χ0v) is 11.4. The first kappa shape index (κ1) is 13.7. The van der Waals surface area contributed by atoms with Crippen molar-refractivity contribution in [3.63, 3.8) is 0 Å². The van der Waals surface area contributed by atoms with Gasteiger partial charge < -0.3 is 14.8 Å². The molecule has 0 aromatic heterocycles. The van der Waals surface area contributed by atoms with Crippen LogP contribution in [0.15, 0.2) is 24.3 Å². The third-order valence-corrected chi connectivity index (χ3v) is 3.78. The Hall–Kier alpha value is -1.69. The van der Waals surface area contributed by atoms with Crippen molar-refractivity contribution < 1.29 is 19.1 Å². The molecule has 0 saturated carbocycles. The van der Waals surface area contributed by atoms with E-state index in [1.54, 1.807) is 18.9 Å². The quantitative estimate of drug-likeness (QED) is 0.815. The lowest BCUT2D eigenvalue weighted by Crippen LogP contribution is -2.50. The zero-order valence-electron chi connectivity index (χ0n) is 10.5. The van der Waals surface area contributed by atoms with E-state index in [1.807, 2.05) is 24.3 Å². The molecule has 0 radical (unpaired) electrons. The number of hydrogen-bond donors (Lipinski definition) is 1. The largest absolute Gasteiger partial charge is 0.497 e. The van der Waals surface area contributed by atoms with Crippen LogP contribution in [-0.2, 0) is 20.1 Å². The average molecular weight is 281 g/mol. The molecule has 0 bridgehead atoms. The maximum absolute atomic E-state index is 11.4. The predicted octanol–water partition coefficient (Wildman–Crippen LogP) is 0.970. The van der Waals surface area contributed by atoms with Crippen molar-refractivity contribution in [1.82, 2.24) is 5.32 Å². The van der Waals surface area contributed by atoms with E-state index in [2.05, 4.69) is 5.32 Å². The van der Waals surface area contributed by atoms with Crippen LogP contribution in [0.5, 0.6) is 5.75 Å². The van der Waals surface area contributed by atoms with Crippen LogP contribution in [0.3, 0.4) is 0 Å². The first-order chi connectivity index (χ1) is 9.19. The second-order valence-corrected chi connectivity index (χ2v) is 5.12. The Balaban J connectivity index is 1.79. The molecule has 0 spiro atoms. The first-order valence-electron chi connectivity index (χ1n) is 5.85. The third kappa shape index (κ3) is 3.89. The normalized spacial score (nSPS) is 18.7. The van der Waals surface area contributed by atoms with Crippen molar-refractivity contribution in [3.05, 3.63) is 29.8 Å². The van der Waals surface area contributed by atoms with Gasteiger partial charge in [-0.2, -0.15) is 11.8 Å². The molecule has 5 nitrogen and oxygen atoms in total. The molecule has 1 heterocycles. The maximum atomic E-state index is 11.4. The summed E-state index contributed by atoms with van der Waals surface area (Å²) in [5.41, 5.74) is 1.14. The van der Waals surface area contributed by atoms with E-state index >= 15 is 0 Å². The number of thioether (sulfide) groups is 1. The number of nitrogens with one attached hydrogen (secondary N) is 1. The molecule has 1 unspecified atom stereocenters. The number of hydrogen-bond acceptors (Lipinski definition) is 5. The summed E-state index contributed by atoms with van der Waals surface area (Å²) >= 11 is 1.58. The Bertz CT molecular complexity index is 460. The third-order valence-electron chi connectivity index (χ3n) is 2.68. The number of benzene rings is 1. The molecule has 6 heteroatoms. The van der Waals surface area contributed by atoms with E-state index < -0.39 is 6.04 Å². The number of cyclic esters (lactones) is 1. The van der Waals surface area contributed by atoms with Crippen LogP contribution in [0.4, 0.5) is 0 Å². The second kappa shape index (κ2) is 6.47. The highest BCUT2D eigenvalue weighted by Gasteiger charge is 2.27. The number of ether oxygens (including phenoxy) is 2. The summed E-state index contributed by atoms with van der Waals surface area (Å²) < 4.78 is 9.83. The molecule has 1 aliphatic heterocycles. The van der Waals surface area contributed by atoms with Crippen molar-refractivity contribution in [2.24, 2.45) is 0 Å². The van der Waals surface area contributed by atoms with Gasteiger partial charge in [0.25, 0.3) is 5.91 Å². The molecular weight excluding hydrogens is 266 g/mol. The van der Waals surface area contributed by atoms with Crippen molar-refractivity contribution >= 4 is 23.6 Å². The molecule has 2 rings (SSSR count). The number of methoxy groups -OCH3 is 1. The highest BCUT2D eigenvalue weighted by molar-refractivity contribution is 7.98.